The number of aromatic amines is 1. The number of H-pyrrole nitrogens is 1. The average molecular weight is 691 g/mol. The van der Waals surface area contributed by atoms with Crippen LogP contribution in [0.3, 0.4) is 0 Å². The van der Waals surface area contributed by atoms with Crippen molar-refractivity contribution in [3.05, 3.63) is 102 Å². The lowest BCUT2D eigenvalue weighted by Crippen LogP contribution is -2.26. The summed E-state index contributed by atoms with van der Waals surface area (Å²) in [6.07, 6.45) is 4.18. The molecular formula is C27H20FI2N3O2. The molecule has 0 atom stereocenters. The molecule has 2 N–H and O–H groups in total. The summed E-state index contributed by atoms with van der Waals surface area (Å²) in [6.45, 7) is 0.731. The van der Waals surface area contributed by atoms with E-state index in [1.807, 2.05) is 48.7 Å². The van der Waals surface area contributed by atoms with Gasteiger partial charge in [-0.1, -0.05) is 30.3 Å². The molecule has 8 heteroatoms. The fourth-order valence-electron chi connectivity index (χ4n) is 3.60. The van der Waals surface area contributed by atoms with Crippen LogP contribution in [-0.2, 0) is 17.8 Å². The van der Waals surface area contributed by atoms with Crippen LogP contribution in [0.4, 0.5) is 4.39 Å². The maximum atomic E-state index is 13.1. The molecule has 0 bridgehead atoms. The number of nitrogens with zero attached hydrogens (tertiary/aromatic N) is 1. The smallest absolute Gasteiger partial charge is 0.261 e. The van der Waals surface area contributed by atoms with Crippen molar-refractivity contribution < 1.29 is 13.9 Å². The number of hydrogen-bond donors (Lipinski definition) is 2. The van der Waals surface area contributed by atoms with E-state index in [-0.39, 0.29) is 11.4 Å². The van der Waals surface area contributed by atoms with Crippen molar-refractivity contribution in [3.63, 3.8) is 0 Å². The molecule has 0 unspecified atom stereocenters. The zero-order valence-electron chi connectivity index (χ0n) is 18.4. The number of para-hydroxylation sites is 1. The second-order valence-electron chi connectivity index (χ2n) is 7.76. The van der Waals surface area contributed by atoms with Gasteiger partial charge in [-0.15, -0.1) is 0 Å². The molecule has 0 radical (unpaired) electrons. The highest BCUT2D eigenvalue weighted by molar-refractivity contribution is 14.1. The molecule has 4 rings (SSSR count). The summed E-state index contributed by atoms with van der Waals surface area (Å²) in [5.74, 6) is 0.00714. The van der Waals surface area contributed by atoms with Gasteiger partial charge in [0.25, 0.3) is 5.91 Å². The van der Waals surface area contributed by atoms with Gasteiger partial charge in [0.2, 0.25) is 0 Å². The fraction of sp³-hybridized carbons (Fsp3) is 0.111. The lowest BCUT2D eigenvalue weighted by Gasteiger charge is -2.12. The van der Waals surface area contributed by atoms with Gasteiger partial charge >= 0.3 is 0 Å². The molecule has 0 fully saturated rings. The number of nitriles is 1. The third-order valence-corrected chi connectivity index (χ3v) is 6.95. The largest absolute Gasteiger partial charge is 0.487 e. The number of hydrogen-bond acceptors (Lipinski definition) is 3. The van der Waals surface area contributed by atoms with Crippen LogP contribution in [0.1, 0.15) is 16.7 Å². The van der Waals surface area contributed by atoms with Gasteiger partial charge in [-0.2, -0.15) is 5.26 Å². The van der Waals surface area contributed by atoms with Crippen LogP contribution in [0.2, 0.25) is 0 Å². The van der Waals surface area contributed by atoms with E-state index >= 15 is 0 Å². The maximum Gasteiger partial charge on any atom is 0.261 e. The molecule has 1 aromatic heterocycles. The van der Waals surface area contributed by atoms with E-state index in [1.165, 1.54) is 12.1 Å². The predicted octanol–water partition coefficient (Wildman–Crippen LogP) is 6.36. The third kappa shape index (κ3) is 6.41. The number of rotatable bonds is 8. The quantitative estimate of drug-likeness (QED) is 0.128. The van der Waals surface area contributed by atoms with E-state index in [9.17, 15) is 14.4 Å². The molecule has 4 aromatic rings. The molecule has 35 heavy (non-hydrogen) atoms. The summed E-state index contributed by atoms with van der Waals surface area (Å²) in [5, 5.41) is 13.5. The summed E-state index contributed by atoms with van der Waals surface area (Å²) in [6, 6.07) is 19.9. The molecule has 0 saturated carbocycles. The van der Waals surface area contributed by atoms with Gasteiger partial charge in [0.15, 0.2) is 0 Å². The van der Waals surface area contributed by atoms with E-state index in [0.29, 0.717) is 25.3 Å². The minimum atomic E-state index is -0.408. The van der Waals surface area contributed by atoms with Crippen LogP contribution in [0.5, 0.6) is 5.75 Å². The number of benzene rings is 3. The highest BCUT2D eigenvalue weighted by Gasteiger charge is 2.13. The number of ether oxygens (including phenoxy) is 1. The van der Waals surface area contributed by atoms with Crippen LogP contribution >= 0.6 is 45.2 Å². The first-order chi connectivity index (χ1) is 16.9. The monoisotopic (exact) mass is 691 g/mol. The number of amides is 1. The Bertz CT molecular complexity index is 1420. The minimum absolute atomic E-state index is 0.0375. The van der Waals surface area contributed by atoms with Crippen molar-refractivity contribution in [2.75, 3.05) is 6.54 Å². The van der Waals surface area contributed by atoms with E-state index < -0.39 is 5.91 Å². The maximum absolute atomic E-state index is 13.1. The second kappa shape index (κ2) is 11.7. The highest BCUT2D eigenvalue weighted by Crippen LogP contribution is 2.30. The van der Waals surface area contributed by atoms with Crippen molar-refractivity contribution in [1.29, 1.82) is 5.26 Å². The summed E-state index contributed by atoms with van der Waals surface area (Å²) in [7, 11) is 0. The molecule has 3 aromatic carbocycles. The molecule has 1 heterocycles. The third-order valence-electron chi connectivity index (χ3n) is 5.35. The Morgan fingerprint density at radius 1 is 1.11 bits per heavy atom. The first-order valence-corrected chi connectivity index (χ1v) is 12.9. The Labute approximate surface area is 229 Å². The molecular weight excluding hydrogens is 671 g/mol. The lowest BCUT2D eigenvalue weighted by atomic mass is 10.1. The van der Waals surface area contributed by atoms with E-state index in [1.54, 1.807) is 18.2 Å². The summed E-state index contributed by atoms with van der Waals surface area (Å²) >= 11 is 4.33. The Kier molecular flexibility index (Phi) is 8.41. The summed E-state index contributed by atoms with van der Waals surface area (Å²) < 4.78 is 20.7. The molecule has 0 aliphatic heterocycles. The van der Waals surface area contributed by atoms with E-state index in [4.69, 9.17) is 4.74 Å². The molecule has 0 aliphatic carbocycles. The summed E-state index contributed by atoms with van der Waals surface area (Å²) in [5.41, 5.74) is 3.80. The van der Waals surface area contributed by atoms with Crippen LogP contribution in [0, 0.1) is 24.3 Å². The first kappa shape index (κ1) is 25.2. The number of aromatic nitrogens is 1. The van der Waals surface area contributed by atoms with Crippen LogP contribution < -0.4 is 10.1 Å². The predicted molar refractivity (Wildman–Crippen MR) is 151 cm³/mol. The van der Waals surface area contributed by atoms with Crippen molar-refractivity contribution in [2.45, 2.75) is 13.0 Å². The van der Waals surface area contributed by atoms with Crippen LogP contribution in [0.15, 0.2) is 72.4 Å². The van der Waals surface area contributed by atoms with Gasteiger partial charge in [-0.05, 0) is 105 Å². The van der Waals surface area contributed by atoms with Crippen molar-refractivity contribution in [2.24, 2.45) is 0 Å². The molecule has 176 valence electrons. The Morgan fingerprint density at radius 2 is 1.83 bits per heavy atom. The molecule has 0 aliphatic rings. The molecule has 0 saturated heterocycles. The highest BCUT2D eigenvalue weighted by atomic mass is 127. The topological polar surface area (TPSA) is 77.9 Å². The van der Waals surface area contributed by atoms with Gasteiger partial charge in [0.05, 0.1) is 7.14 Å². The second-order valence-corrected chi connectivity index (χ2v) is 10.1. The van der Waals surface area contributed by atoms with Crippen molar-refractivity contribution in [1.82, 2.24) is 10.3 Å². The average Bonchev–Trinajstić information content (AvgIpc) is 3.26. The minimum Gasteiger partial charge on any atom is -0.487 e. The number of halogens is 3. The van der Waals surface area contributed by atoms with E-state index in [2.05, 4.69) is 55.5 Å². The summed E-state index contributed by atoms with van der Waals surface area (Å²) in [4.78, 5) is 15.9. The standard InChI is InChI=1S/C27H20FI2N3O2/c28-21-7-5-17(6-8-21)16-35-26-23(29)12-18(13-24(26)30)11-20(14-31)27(34)32-10-9-19-15-33-25-4-2-1-3-22(19)25/h1-8,11-13,15,33H,9-10,16H2,(H,32,34)/b20-11-. The molecule has 1 amide bonds. The van der Waals surface area contributed by atoms with Crippen LogP contribution in [-0.4, -0.2) is 17.4 Å². The molecule has 0 spiro atoms. The lowest BCUT2D eigenvalue weighted by molar-refractivity contribution is -0.117. The first-order valence-electron chi connectivity index (χ1n) is 10.8. The fourth-order valence-corrected chi connectivity index (χ4v) is 5.72. The Balaban J connectivity index is 1.40. The normalized spacial score (nSPS) is 11.3. The zero-order valence-corrected chi connectivity index (χ0v) is 22.8. The Hall–Kier alpha value is -2.91. The number of carbonyl (C=O) groups is 1. The van der Waals surface area contributed by atoms with Crippen LogP contribution in [0.25, 0.3) is 17.0 Å². The van der Waals surface area contributed by atoms with Crippen molar-refractivity contribution in [3.8, 4) is 11.8 Å². The van der Waals surface area contributed by atoms with Gasteiger partial charge < -0.3 is 15.0 Å². The number of fused-ring (bicyclic) bond motifs is 1. The van der Waals surface area contributed by atoms with Gasteiger partial charge in [-0.3, -0.25) is 4.79 Å². The number of nitrogens with one attached hydrogen (secondary N) is 2. The van der Waals surface area contributed by atoms with Gasteiger partial charge in [-0.25, -0.2) is 4.39 Å². The van der Waals surface area contributed by atoms with Crippen molar-refractivity contribution >= 4 is 68.1 Å². The zero-order chi connectivity index (χ0) is 24.8. The van der Waals surface area contributed by atoms with Gasteiger partial charge in [0.1, 0.15) is 29.8 Å². The molecule has 5 nitrogen and oxygen atoms in total. The van der Waals surface area contributed by atoms with Gasteiger partial charge in [0, 0.05) is 23.6 Å². The number of carbonyl (C=O) groups excluding carboxylic acids is 1. The SMILES string of the molecule is N#C/C(=C/c1cc(I)c(OCc2ccc(F)cc2)c(I)c1)C(=O)NCCc1c[nH]c2ccccc12. The Morgan fingerprint density at radius 3 is 2.54 bits per heavy atom. The van der Waals surface area contributed by atoms with E-state index in [0.717, 1.165) is 34.7 Å².